The maximum Gasteiger partial charge on any atom is 0.342 e. The van der Waals surface area contributed by atoms with E-state index in [1.54, 1.807) is 38.1 Å². The lowest BCUT2D eigenvalue weighted by molar-refractivity contribution is -0.165. The minimum Gasteiger partial charge on any atom is -0.508 e. The molecule has 350 valence electrons. The average molecular weight is 909 g/mol. The molecule has 2 fully saturated rings. The lowest BCUT2D eigenvalue weighted by atomic mass is 10.00. The van der Waals surface area contributed by atoms with Crippen LogP contribution in [0.1, 0.15) is 84.2 Å². The van der Waals surface area contributed by atoms with Gasteiger partial charge in [-0.3, -0.25) is 9.80 Å². The van der Waals surface area contributed by atoms with Gasteiger partial charge in [-0.2, -0.15) is 0 Å². The standard InChI is InChI=1S/2C23H25NO4.C4H6O6/c2*1-2-27-23(26)21-20-17(15-24-13-7-4-8-14-24)18(25)11-12-19(20)28-22(21)16-9-5-3-6-10-16;5-1(3(7)8)2(6)4(9)10/h2*3,5-6,9-12,25H,2,4,7-8,13-15H2,1H3;1-2,5-6H,(H,7,8)(H,9,10). The van der Waals surface area contributed by atoms with Gasteiger partial charge in [-0.25, -0.2) is 19.2 Å². The second kappa shape index (κ2) is 22.9. The summed E-state index contributed by atoms with van der Waals surface area (Å²) in [6.07, 6.45) is 2.57. The van der Waals surface area contributed by atoms with Crippen LogP contribution in [0.3, 0.4) is 0 Å². The van der Waals surface area contributed by atoms with E-state index in [0.717, 1.165) is 74.1 Å². The molecule has 0 aliphatic carbocycles. The Morgan fingerprint density at radius 2 is 0.894 bits per heavy atom. The third-order valence-electron chi connectivity index (χ3n) is 11.4. The van der Waals surface area contributed by atoms with E-state index in [1.165, 1.54) is 12.8 Å². The first-order chi connectivity index (χ1) is 31.8. The summed E-state index contributed by atoms with van der Waals surface area (Å²) in [4.78, 5) is 50.0. The summed E-state index contributed by atoms with van der Waals surface area (Å²) in [7, 11) is 0. The Morgan fingerprint density at radius 3 is 1.21 bits per heavy atom. The summed E-state index contributed by atoms with van der Waals surface area (Å²) in [6, 6.07) is 25.8. The quantitative estimate of drug-likeness (QED) is 0.0606. The minimum absolute atomic E-state index is 0.184. The molecule has 2 aliphatic heterocycles. The molecule has 0 bridgehead atoms. The number of aliphatic hydroxyl groups is 2. The second-order valence-corrected chi connectivity index (χ2v) is 15.9. The Kier molecular flexibility index (Phi) is 16.9. The zero-order valence-electron chi connectivity index (χ0n) is 37.0. The number of carbonyl (C=O) groups excluding carboxylic acids is 2. The van der Waals surface area contributed by atoms with E-state index >= 15 is 0 Å². The maximum absolute atomic E-state index is 12.9. The molecule has 2 aliphatic rings. The van der Waals surface area contributed by atoms with Gasteiger partial charge in [0.15, 0.2) is 12.2 Å². The molecular weight excluding hydrogens is 853 g/mol. The molecule has 0 amide bonds. The van der Waals surface area contributed by atoms with Gasteiger partial charge < -0.3 is 48.9 Å². The van der Waals surface area contributed by atoms with E-state index < -0.39 is 36.1 Å². The fraction of sp³-hybridized carbons (Fsp3) is 0.360. The maximum atomic E-state index is 12.9. The summed E-state index contributed by atoms with van der Waals surface area (Å²) >= 11 is 0. The average Bonchev–Trinajstić information content (AvgIpc) is 3.92. The first-order valence-electron chi connectivity index (χ1n) is 22.1. The van der Waals surface area contributed by atoms with Crippen LogP contribution in [0.4, 0.5) is 0 Å². The van der Waals surface area contributed by atoms with Crippen LogP contribution in [0.2, 0.25) is 0 Å². The van der Waals surface area contributed by atoms with Gasteiger partial charge in [0.25, 0.3) is 0 Å². The van der Waals surface area contributed by atoms with Gasteiger partial charge in [0.05, 0.1) is 13.2 Å². The van der Waals surface area contributed by atoms with Gasteiger partial charge in [0.2, 0.25) is 0 Å². The third kappa shape index (κ3) is 11.6. The van der Waals surface area contributed by atoms with E-state index in [1.807, 2.05) is 60.7 Å². The Labute approximate surface area is 381 Å². The SMILES string of the molecule is CCOC(=O)c1c(-c2ccccc2)oc2ccc(O)c(CN3CCCCC3)c12.CCOC(=O)c1c(-c2ccccc2)oc2ccc(O)c(CN3CCCCC3)c12.O=C(O)C(O)C(O)C(=O)O. The van der Waals surface area contributed by atoms with Crippen molar-refractivity contribution < 1.29 is 68.1 Å². The van der Waals surface area contributed by atoms with Gasteiger partial charge in [0.1, 0.15) is 45.3 Å². The molecular formula is C50H56N2O14. The Hall–Kier alpha value is -6.72. The number of fused-ring (bicyclic) bond motifs is 2. The number of hydrogen-bond donors (Lipinski definition) is 6. The molecule has 6 N–H and O–H groups in total. The van der Waals surface area contributed by atoms with Crippen LogP contribution in [0.5, 0.6) is 11.5 Å². The molecule has 4 aromatic carbocycles. The molecule has 16 heteroatoms. The summed E-state index contributed by atoms with van der Waals surface area (Å²) in [5, 5.41) is 55.1. The Bertz CT molecular complexity index is 2410. The number of aliphatic hydroxyl groups excluding tert-OH is 2. The van der Waals surface area contributed by atoms with Crippen LogP contribution in [0, 0.1) is 0 Å². The number of nitrogens with zero attached hydrogens (tertiary/aromatic N) is 2. The number of benzene rings is 4. The summed E-state index contributed by atoms with van der Waals surface area (Å²) < 4.78 is 22.9. The zero-order valence-corrected chi connectivity index (χ0v) is 37.0. The van der Waals surface area contributed by atoms with Crippen LogP contribution in [0.25, 0.3) is 44.6 Å². The van der Waals surface area contributed by atoms with E-state index in [0.29, 0.717) is 57.7 Å². The highest BCUT2D eigenvalue weighted by Gasteiger charge is 2.31. The number of likely N-dealkylation sites (tertiary alicyclic amines) is 2. The smallest absolute Gasteiger partial charge is 0.342 e. The number of ether oxygens (including phenoxy) is 2. The molecule has 2 aromatic heterocycles. The van der Waals surface area contributed by atoms with Crippen molar-refractivity contribution in [2.75, 3.05) is 39.4 Å². The van der Waals surface area contributed by atoms with Crippen LogP contribution in [0.15, 0.2) is 93.8 Å². The molecule has 0 spiro atoms. The van der Waals surface area contributed by atoms with Crippen LogP contribution >= 0.6 is 0 Å². The monoisotopic (exact) mass is 908 g/mol. The van der Waals surface area contributed by atoms with E-state index in [4.69, 9.17) is 38.7 Å². The van der Waals surface area contributed by atoms with Crippen LogP contribution < -0.4 is 0 Å². The van der Waals surface area contributed by atoms with E-state index in [2.05, 4.69) is 9.80 Å². The number of carboxylic acids is 2. The minimum atomic E-state index is -2.27. The number of aromatic hydroxyl groups is 2. The number of carboxylic acid groups (broad SMARTS) is 2. The highest BCUT2D eigenvalue weighted by atomic mass is 16.5. The molecule has 16 nitrogen and oxygen atoms in total. The number of hydrogen-bond acceptors (Lipinski definition) is 14. The van der Waals surface area contributed by atoms with Crippen molar-refractivity contribution in [1.29, 1.82) is 0 Å². The molecule has 0 radical (unpaired) electrons. The lowest BCUT2D eigenvalue weighted by Gasteiger charge is -2.27. The molecule has 2 unspecified atom stereocenters. The molecule has 2 atom stereocenters. The highest BCUT2D eigenvalue weighted by molar-refractivity contribution is 6.11. The number of esters is 2. The predicted octanol–water partition coefficient (Wildman–Crippen LogP) is 7.81. The fourth-order valence-corrected chi connectivity index (χ4v) is 8.15. The van der Waals surface area contributed by atoms with Crippen molar-refractivity contribution in [1.82, 2.24) is 9.80 Å². The number of aliphatic carboxylic acids is 2. The predicted molar refractivity (Wildman–Crippen MR) is 244 cm³/mol. The number of phenols is 2. The normalized spacial score (nSPS) is 15.2. The number of phenolic OH excluding ortho intramolecular Hbond substituents is 2. The first-order valence-corrected chi connectivity index (χ1v) is 22.1. The van der Waals surface area contributed by atoms with E-state index in [-0.39, 0.29) is 24.7 Å². The van der Waals surface area contributed by atoms with Crippen molar-refractivity contribution in [3.05, 3.63) is 107 Å². The number of rotatable bonds is 13. The van der Waals surface area contributed by atoms with Crippen molar-refractivity contribution in [2.24, 2.45) is 0 Å². The van der Waals surface area contributed by atoms with Crippen LogP contribution in [-0.4, -0.2) is 116 Å². The van der Waals surface area contributed by atoms with Crippen LogP contribution in [-0.2, 0) is 32.2 Å². The Morgan fingerprint density at radius 1 is 0.545 bits per heavy atom. The Balaban J connectivity index is 0.000000182. The second-order valence-electron chi connectivity index (χ2n) is 15.9. The van der Waals surface area contributed by atoms with Crippen molar-refractivity contribution in [3.63, 3.8) is 0 Å². The fourth-order valence-electron chi connectivity index (χ4n) is 8.15. The number of furan rings is 2. The third-order valence-corrected chi connectivity index (χ3v) is 11.4. The highest BCUT2D eigenvalue weighted by Crippen LogP contribution is 2.41. The molecule has 66 heavy (non-hydrogen) atoms. The van der Waals surface area contributed by atoms with Crippen molar-refractivity contribution in [2.45, 2.75) is 77.7 Å². The topological polar surface area (TPSA) is 241 Å². The molecule has 0 saturated carbocycles. The van der Waals surface area contributed by atoms with Gasteiger partial charge in [-0.15, -0.1) is 0 Å². The zero-order chi connectivity index (χ0) is 47.3. The summed E-state index contributed by atoms with van der Waals surface area (Å²) in [6.45, 7) is 9.28. The van der Waals surface area contributed by atoms with Gasteiger partial charge >= 0.3 is 23.9 Å². The molecule has 6 aromatic rings. The van der Waals surface area contributed by atoms with Gasteiger partial charge in [0, 0.05) is 46.1 Å². The van der Waals surface area contributed by atoms with Crippen molar-refractivity contribution in [3.8, 4) is 34.1 Å². The van der Waals surface area contributed by atoms with Gasteiger partial charge in [-0.1, -0.05) is 73.5 Å². The van der Waals surface area contributed by atoms with E-state index in [9.17, 15) is 29.4 Å². The van der Waals surface area contributed by atoms with Crippen molar-refractivity contribution >= 4 is 45.8 Å². The summed E-state index contributed by atoms with van der Waals surface area (Å²) in [5.41, 5.74) is 5.05. The summed E-state index contributed by atoms with van der Waals surface area (Å²) in [5.74, 6) is -3.05. The largest absolute Gasteiger partial charge is 0.508 e. The number of piperidine rings is 2. The lowest BCUT2D eigenvalue weighted by Crippen LogP contribution is -2.39. The first kappa shape index (κ1) is 48.7. The molecule has 2 saturated heterocycles. The molecule has 4 heterocycles. The molecule has 8 rings (SSSR count). The van der Waals surface area contributed by atoms with Gasteiger partial charge in [-0.05, 0) is 90.0 Å². The number of carbonyl (C=O) groups is 4.